The van der Waals surface area contributed by atoms with E-state index < -0.39 is 50.7 Å². The number of carbonyl (C=O) groups excluding carboxylic acids is 2. The zero-order valence-corrected chi connectivity index (χ0v) is 27.7. The number of hydrogen-bond donors (Lipinski definition) is 2. The van der Waals surface area contributed by atoms with Gasteiger partial charge in [-0.3, -0.25) is 25.3 Å². The van der Waals surface area contributed by atoms with Crippen LogP contribution in [0.5, 0.6) is 23.3 Å². The number of hydrogen-bond acceptors (Lipinski definition) is 11. The molecule has 0 radical (unpaired) electrons. The van der Waals surface area contributed by atoms with Crippen LogP contribution in [-0.2, 0) is 17.1 Å². The summed E-state index contributed by atoms with van der Waals surface area (Å²) in [5.74, 6) is -0.517. The van der Waals surface area contributed by atoms with Gasteiger partial charge in [0.25, 0.3) is 11.4 Å². The number of aryl methyl sites for hydroxylation is 2. The Labute approximate surface area is 289 Å². The summed E-state index contributed by atoms with van der Waals surface area (Å²) in [6.45, 7) is 8.15. The average molecular weight is 745 g/mol. The van der Waals surface area contributed by atoms with Crippen molar-refractivity contribution in [1.82, 2.24) is 25.3 Å². The molecule has 0 saturated heterocycles. The maximum Gasteiger partial charge on any atom is 0.423 e. The first-order valence-electron chi connectivity index (χ1n) is 14.8. The van der Waals surface area contributed by atoms with Crippen molar-refractivity contribution in [3.8, 4) is 23.3 Å². The molecule has 0 fully saturated rings. The Balaban J connectivity index is 0.000000319. The minimum atomic E-state index is -4.92. The normalized spacial score (nSPS) is 10.8. The number of isocyanates is 1. The van der Waals surface area contributed by atoms with Gasteiger partial charge in [0, 0.05) is 48.6 Å². The number of halogens is 6. The van der Waals surface area contributed by atoms with E-state index in [4.69, 9.17) is 9.47 Å². The van der Waals surface area contributed by atoms with Crippen LogP contribution in [0.15, 0.2) is 53.5 Å². The van der Waals surface area contributed by atoms with E-state index in [2.05, 4.69) is 25.6 Å². The number of aromatic nitrogens is 4. The lowest BCUT2D eigenvalue weighted by Crippen LogP contribution is -2.30. The smallest absolute Gasteiger partial charge is 0.423 e. The molecule has 2 heterocycles. The molecule has 0 unspecified atom stereocenters. The highest BCUT2D eigenvalue weighted by molar-refractivity contribution is 5.76. The maximum atomic E-state index is 13.0. The van der Waals surface area contributed by atoms with E-state index in [1.807, 2.05) is 13.8 Å². The van der Waals surface area contributed by atoms with Gasteiger partial charge in [0.2, 0.25) is 17.8 Å². The summed E-state index contributed by atoms with van der Waals surface area (Å²) < 4.78 is 88.6. The largest absolute Gasteiger partial charge is 0.438 e. The van der Waals surface area contributed by atoms with Gasteiger partial charge >= 0.3 is 18.4 Å². The molecule has 0 spiro atoms. The fourth-order valence-corrected chi connectivity index (χ4v) is 3.78. The number of rotatable bonds is 10. The Hall–Kier alpha value is -6.31. The van der Waals surface area contributed by atoms with Crippen molar-refractivity contribution in [3.05, 3.63) is 91.3 Å². The van der Waals surface area contributed by atoms with Crippen LogP contribution in [0.3, 0.4) is 0 Å². The first kappa shape index (κ1) is 41.9. The lowest BCUT2D eigenvalue weighted by molar-refractivity contribution is -0.388. The highest BCUT2D eigenvalue weighted by Gasteiger charge is 2.39. The zero-order chi connectivity index (χ0) is 39.2. The third kappa shape index (κ3) is 12.5. The van der Waals surface area contributed by atoms with Crippen molar-refractivity contribution in [1.29, 1.82) is 0 Å². The number of nitro groups is 2. The Morgan fingerprint density at radius 1 is 0.885 bits per heavy atom. The third-order valence-electron chi connectivity index (χ3n) is 6.05. The van der Waals surface area contributed by atoms with Crippen molar-refractivity contribution in [2.24, 2.45) is 4.99 Å². The number of ether oxygens (including phenoxy) is 2. The molecular formula is C30H30F6N8O8. The maximum absolute atomic E-state index is 13.0. The van der Waals surface area contributed by atoms with Crippen LogP contribution >= 0.6 is 0 Å². The van der Waals surface area contributed by atoms with Crippen LogP contribution in [0, 0.1) is 34.1 Å². The molecule has 0 saturated carbocycles. The number of nitrogens with one attached hydrogen (secondary N) is 2. The lowest BCUT2D eigenvalue weighted by Gasteiger charge is -2.09. The van der Waals surface area contributed by atoms with Crippen molar-refractivity contribution < 1.29 is 55.3 Å². The number of nitro benzene ring substituents is 2. The Kier molecular flexibility index (Phi) is 15.0. The van der Waals surface area contributed by atoms with Crippen LogP contribution < -0.4 is 14.8 Å². The molecule has 2 N–H and O–H groups in total. The fraction of sp³-hybridized carbons (Fsp3) is 0.333. The van der Waals surface area contributed by atoms with Crippen LogP contribution in [0.2, 0.25) is 0 Å². The molecule has 4 aromatic rings. The molecular weight excluding hydrogens is 714 g/mol. The predicted octanol–water partition coefficient (Wildman–Crippen LogP) is 8.05. The first-order valence-corrected chi connectivity index (χ1v) is 14.8. The highest BCUT2D eigenvalue weighted by Crippen LogP contribution is 2.40. The van der Waals surface area contributed by atoms with E-state index in [1.165, 1.54) is 18.2 Å². The number of nitrogens with zero attached hydrogens (tertiary/aromatic N) is 6. The van der Waals surface area contributed by atoms with E-state index in [-0.39, 0.29) is 23.3 Å². The predicted molar refractivity (Wildman–Crippen MR) is 169 cm³/mol. The van der Waals surface area contributed by atoms with Gasteiger partial charge in [0.15, 0.2) is 0 Å². The average Bonchev–Trinajstić information content (AvgIpc) is 3.65. The van der Waals surface area contributed by atoms with Crippen molar-refractivity contribution >= 4 is 23.5 Å². The van der Waals surface area contributed by atoms with Crippen LogP contribution in [0.25, 0.3) is 0 Å². The molecule has 52 heavy (non-hydrogen) atoms. The summed E-state index contributed by atoms with van der Waals surface area (Å²) in [6.07, 6.45) is -6.67. The molecule has 0 bridgehead atoms. The topological polar surface area (TPSA) is 210 Å². The quantitative estimate of drug-likeness (QED) is 0.0524. The number of H-pyrrole nitrogens is 1. The summed E-state index contributed by atoms with van der Waals surface area (Å²) in [5, 5.41) is 34.1. The number of carbonyl (C=O) groups is 1. The van der Waals surface area contributed by atoms with E-state index in [0.29, 0.717) is 42.7 Å². The molecule has 2 aromatic heterocycles. The second-order valence-corrected chi connectivity index (χ2v) is 10.2. The number of aromatic amines is 1. The Morgan fingerprint density at radius 2 is 1.40 bits per heavy atom. The van der Waals surface area contributed by atoms with Gasteiger partial charge < -0.3 is 14.8 Å². The van der Waals surface area contributed by atoms with Gasteiger partial charge in [0.1, 0.15) is 22.6 Å². The monoisotopic (exact) mass is 744 g/mol. The van der Waals surface area contributed by atoms with Gasteiger partial charge in [-0.25, -0.2) is 14.6 Å². The van der Waals surface area contributed by atoms with E-state index in [0.717, 1.165) is 35.7 Å². The molecule has 0 aliphatic heterocycles. The molecule has 22 heteroatoms. The molecule has 2 aromatic carbocycles. The SMILES string of the molecule is CCCN=C=O.CCCNC(=O)n1nc(Oc2ccc([N+](=O)[O-])c(C(F)(F)F)c2)cc1C.Cc1cc(Oc2ccc([N+](=O)[O-])c(C(F)(F)F)c2)n[nH]1. The van der Waals surface area contributed by atoms with Gasteiger partial charge in [-0.2, -0.15) is 31.0 Å². The van der Waals surface area contributed by atoms with Crippen LogP contribution in [0.4, 0.5) is 42.5 Å². The molecule has 4 rings (SSSR count). The summed E-state index contributed by atoms with van der Waals surface area (Å²) >= 11 is 0. The van der Waals surface area contributed by atoms with E-state index in [9.17, 15) is 56.2 Å². The number of benzene rings is 2. The minimum Gasteiger partial charge on any atom is -0.438 e. The number of amides is 1. The minimum absolute atomic E-state index is 0.0736. The molecule has 1 amide bonds. The summed E-state index contributed by atoms with van der Waals surface area (Å²) in [7, 11) is 0. The summed E-state index contributed by atoms with van der Waals surface area (Å²) in [4.78, 5) is 43.6. The second kappa shape index (κ2) is 18.6. The molecule has 0 atom stereocenters. The zero-order valence-electron chi connectivity index (χ0n) is 27.7. The van der Waals surface area contributed by atoms with Crippen molar-refractivity contribution in [2.75, 3.05) is 13.1 Å². The Bertz CT molecular complexity index is 1900. The van der Waals surface area contributed by atoms with Gasteiger partial charge in [-0.1, -0.05) is 13.8 Å². The molecule has 16 nitrogen and oxygen atoms in total. The van der Waals surface area contributed by atoms with E-state index >= 15 is 0 Å². The van der Waals surface area contributed by atoms with Gasteiger partial charge in [-0.15, -0.1) is 10.2 Å². The van der Waals surface area contributed by atoms with E-state index in [1.54, 1.807) is 13.8 Å². The first-order chi connectivity index (χ1) is 24.3. The second-order valence-electron chi connectivity index (χ2n) is 10.2. The summed E-state index contributed by atoms with van der Waals surface area (Å²) in [5.41, 5.74) is -3.83. The fourth-order valence-electron chi connectivity index (χ4n) is 3.78. The molecule has 0 aliphatic carbocycles. The third-order valence-corrected chi connectivity index (χ3v) is 6.05. The molecule has 0 aliphatic rings. The lowest BCUT2D eigenvalue weighted by atomic mass is 10.1. The van der Waals surface area contributed by atoms with Crippen molar-refractivity contribution in [2.45, 2.75) is 52.9 Å². The van der Waals surface area contributed by atoms with Crippen molar-refractivity contribution in [3.63, 3.8) is 0 Å². The Morgan fingerprint density at radius 3 is 1.79 bits per heavy atom. The van der Waals surface area contributed by atoms with Crippen LogP contribution in [0.1, 0.15) is 49.2 Å². The number of alkyl halides is 6. The number of aliphatic imine (C=N–C) groups is 1. The van der Waals surface area contributed by atoms with Gasteiger partial charge in [-0.05, 0) is 38.8 Å². The standard InChI is InChI=1S/C15H15F3N4O4.C11H8F3N3O3.C4H7NO/c1-3-6-19-14(23)21-9(2)7-13(20-21)26-10-4-5-12(22(24)25)11(8-10)15(16,17)18;1-6-4-10(16-15-6)20-7-2-3-9(17(18)19)8(5-7)11(12,13)14;1-2-3-5-4-6/h4-5,7-8H,3,6H2,1-2H3,(H,19,23);2-5H,1H3,(H,15,16);2-3H2,1H3. The van der Waals surface area contributed by atoms with Crippen LogP contribution in [-0.4, -0.2) is 55.0 Å². The summed E-state index contributed by atoms with van der Waals surface area (Å²) in [6, 6.07) is 6.99. The highest BCUT2D eigenvalue weighted by atomic mass is 19.4. The van der Waals surface area contributed by atoms with Gasteiger partial charge in [0.05, 0.1) is 22.1 Å². The molecule has 280 valence electrons.